The fourth-order valence-electron chi connectivity index (χ4n) is 4.79. The second kappa shape index (κ2) is 12.3. The third-order valence-electron chi connectivity index (χ3n) is 6.91. The zero-order valence-electron chi connectivity index (χ0n) is 21.7. The summed E-state index contributed by atoms with van der Waals surface area (Å²) < 4.78 is 1.72. The number of hydrogen-bond donors (Lipinski definition) is 1. The lowest BCUT2D eigenvalue weighted by Gasteiger charge is -2.29. The molecule has 1 atom stereocenters. The number of benzene rings is 2. The summed E-state index contributed by atoms with van der Waals surface area (Å²) in [5.74, 6) is -0.0811. The zero-order valence-corrected chi connectivity index (χ0v) is 22.5. The number of carbonyl (C=O) groups is 1. The van der Waals surface area contributed by atoms with Crippen molar-refractivity contribution >= 4 is 34.3 Å². The SMILES string of the molecule is CCC(Sc1nc2ccc(N3CCCCC3)cc2c(=O)n1Cc1ccccc1)C(=O)NCc1cccnc1. The fourth-order valence-corrected chi connectivity index (χ4v) is 5.83. The number of thioether (sulfide) groups is 1. The molecule has 1 aliphatic heterocycles. The lowest BCUT2D eigenvalue weighted by Crippen LogP contribution is -2.33. The number of fused-ring (bicyclic) bond motifs is 1. The highest BCUT2D eigenvalue weighted by Gasteiger charge is 2.23. The summed E-state index contributed by atoms with van der Waals surface area (Å²) in [5, 5.41) is 3.80. The third-order valence-corrected chi connectivity index (χ3v) is 8.26. The van der Waals surface area contributed by atoms with Crippen LogP contribution in [0.25, 0.3) is 10.9 Å². The van der Waals surface area contributed by atoms with Gasteiger partial charge in [0.15, 0.2) is 5.16 Å². The van der Waals surface area contributed by atoms with Crippen molar-refractivity contribution in [3.05, 3.63) is 94.5 Å². The first-order valence-electron chi connectivity index (χ1n) is 13.3. The van der Waals surface area contributed by atoms with E-state index in [0.29, 0.717) is 35.6 Å². The molecule has 2 aromatic carbocycles. The predicted molar refractivity (Wildman–Crippen MR) is 154 cm³/mol. The van der Waals surface area contributed by atoms with Crippen molar-refractivity contribution in [3.63, 3.8) is 0 Å². The number of amides is 1. The zero-order chi connectivity index (χ0) is 26.3. The molecule has 1 unspecified atom stereocenters. The molecule has 1 fully saturated rings. The van der Waals surface area contributed by atoms with E-state index in [0.717, 1.165) is 29.9 Å². The normalized spacial score (nSPS) is 14.4. The summed E-state index contributed by atoms with van der Waals surface area (Å²) in [6, 6.07) is 19.7. The molecular weight excluding hydrogens is 494 g/mol. The van der Waals surface area contributed by atoms with E-state index in [1.165, 1.54) is 31.0 Å². The maximum atomic E-state index is 13.9. The average Bonchev–Trinajstić information content (AvgIpc) is 2.98. The van der Waals surface area contributed by atoms with E-state index in [-0.39, 0.29) is 16.7 Å². The van der Waals surface area contributed by atoms with Gasteiger partial charge in [0.05, 0.1) is 22.7 Å². The smallest absolute Gasteiger partial charge is 0.262 e. The molecular formula is C30H33N5O2S. The van der Waals surface area contributed by atoms with Crippen LogP contribution in [-0.4, -0.2) is 38.8 Å². The van der Waals surface area contributed by atoms with Crippen LogP contribution in [0.2, 0.25) is 0 Å². The number of rotatable bonds is 9. The number of carbonyl (C=O) groups excluding carboxylic acids is 1. The molecule has 0 spiro atoms. The van der Waals surface area contributed by atoms with E-state index < -0.39 is 0 Å². The largest absolute Gasteiger partial charge is 0.372 e. The van der Waals surface area contributed by atoms with Gasteiger partial charge in [-0.15, -0.1) is 0 Å². The Hall–Kier alpha value is -3.65. The van der Waals surface area contributed by atoms with Gasteiger partial charge in [0.25, 0.3) is 5.56 Å². The van der Waals surface area contributed by atoms with Gasteiger partial charge in [-0.05, 0) is 61.1 Å². The molecule has 0 saturated carbocycles. The van der Waals surface area contributed by atoms with E-state index in [1.807, 2.05) is 61.5 Å². The molecule has 4 aromatic rings. The highest BCUT2D eigenvalue weighted by molar-refractivity contribution is 8.00. The van der Waals surface area contributed by atoms with Crippen LogP contribution < -0.4 is 15.8 Å². The summed E-state index contributed by atoms with van der Waals surface area (Å²) >= 11 is 1.35. The van der Waals surface area contributed by atoms with Crippen molar-refractivity contribution in [3.8, 4) is 0 Å². The molecule has 1 amide bonds. The number of anilines is 1. The highest BCUT2D eigenvalue weighted by Crippen LogP contribution is 2.28. The van der Waals surface area contributed by atoms with Gasteiger partial charge in [-0.25, -0.2) is 4.98 Å². The van der Waals surface area contributed by atoms with Gasteiger partial charge in [0.2, 0.25) is 5.91 Å². The number of nitrogens with one attached hydrogen (secondary N) is 1. The minimum Gasteiger partial charge on any atom is -0.372 e. The highest BCUT2D eigenvalue weighted by atomic mass is 32.2. The molecule has 7 nitrogen and oxygen atoms in total. The van der Waals surface area contributed by atoms with Crippen molar-refractivity contribution in [1.82, 2.24) is 19.9 Å². The summed E-state index contributed by atoms with van der Waals surface area (Å²) in [6.45, 7) is 4.80. The van der Waals surface area contributed by atoms with Gasteiger partial charge in [-0.2, -0.15) is 0 Å². The van der Waals surface area contributed by atoms with Crippen molar-refractivity contribution in [2.24, 2.45) is 0 Å². The van der Waals surface area contributed by atoms with Crippen molar-refractivity contribution in [1.29, 1.82) is 0 Å². The second-order valence-corrected chi connectivity index (χ2v) is 10.8. The number of piperidine rings is 1. The van der Waals surface area contributed by atoms with Crippen LogP contribution in [0.15, 0.2) is 83.0 Å². The molecule has 196 valence electrons. The Labute approximate surface area is 227 Å². The monoisotopic (exact) mass is 527 g/mol. The molecule has 0 bridgehead atoms. The number of pyridine rings is 1. The molecule has 1 saturated heterocycles. The summed E-state index contributed by atoms with van der Waals surface area (Å²) in [5.41, 5.74) is 3.61. The molecule has 0 radical (unpaired) electrons. The minimum atomic E-state index is -0.384. The van der Waals surface area contributed by atoms with E-state index in [1.54, 1.807) is 17.0 Å². The van der Waals surface area contributed by atoms with Crippen LogP contribution in [0.1, 0.15) is 43.7 Å². The topological polar surface area (TPSA) is 80.1 Å². The fraction of sp³-hybridized carbons (Fsp3) is 0.333. The first-order valence-corrected chi connectivity index (χ1v) is 14.2. The molecule has 5 rings (SSSR count). The van der Waals surface area contributed by atoms with E-state index in [2.05, 4.69) is 21.3 Å². The van der Waals surface area contributed by atoms with Crippen LogP contribution in [0.4, 0.5) is 5.69 Å². The molecule has 1 aliphatic rings. The maximum absolute atomic E-state index is 13.9. The van der Waals surface area contributed by atoms with Crippen LogP contribution >= 0.6 is 11.8 Å². The van der Waals surface area contributed by atoms with Crippen molar-refractivity contribution < 1.29 is 4.79 Å². The van der Waals surface area contributed by atoms with Crippen LogP contribution in [0, 0.1) is 0 Å². The standard InChI is InChI=1S/C30H33N5O2S/c1-2-27(28(36)32-20-23-12-9-15-31-19-23)38-30-33-26-14-13-24(34-16-7-4-8-17-34)18-25(26)29(37)35(30)21-22-10-5-3-6-11-22/h3,5-6,9-15,18-19,27H,2,4,7-8,16-17,20-21H2,1H3,(H,32,36). The van der Waals surface area contributed by atoms with E-state index in [9.17, 15) is 9.59 Å². The van der Waals surface area contributed by atoms with E-state index >= 15 is 0 Å². The van der Waals surface area contributed by atoms with Gasteiger partial charge >= 0.3 is 0 Å². The summed E-state index contributed by atoms with van der Waals surface area (Å²) in [6.07, 6.45) is 7.66. The average molecular weight is 528 g/mol. The minimum absolute atomic E-state index is 0.0779. The molecule has 2 aromatic heterocycles. The van der Waals surface area contributed by atoms with Gasteiger partial charge < -0.3 is 10.2 Å². The Morgan fingerprint density at radius 2 is 1.82 bits per heavy atom. The Kier molecular flexibility index (Phi) is 8.38. The lowest BCUT2D eigenvalue weighted by atomic mass is 10.1. The van der Waals surface area contributed by atoms with E-state index in [4.69, 9.17) is 4.98 Å². The Balaban J connectivity index is 1.47. The molecule has 8 heteroatoms. The molecule has 38 heavy (non-hydrogen) atoms. The van der Waals surface area contributed by atoms with Gasteiger partial charge in [0, 0.05) is 37.7 Å². The maximum Gasteiger partial charge on any atom is 0.262 e. The van der Waals surface area contributed by atoms with Crippen molar-refractivity contribution in [2.75, 3.05) is 18.0 Å². The van der Waals surface area contributed by atoms with Gasteiger partial charge in [-0.1, -0.05) is 55.1 Å². The first-order chi connectivity index (χ1) is 18.6. The Morgan fingerprint density at radius 3 is 2.55 bits per heavy atom. The Morgan fingerprint density at radius 1 is 1.03 bits per heavy atom. The Bertz CT molecular complexity index is 1440. The predicted octanol–water partition coefficient (Wildman–Crippen LogP) is 5.02. The molecule has 3 heterocycles. The third kappa shape index (κ3) is 6.07. The number of nitrogens with zero attached hydrogens (tertiary/aromatic N) is 4. The van der Waals surface area contributed by atoms with Crippen molar-refractivity contribution in [2.45, 2.75) is 56.1 Å². The number of hydrogen-bond acceptors (Lipinski definition) is 6. The van der Waals surface area contributed by atoms with Crippen LogP contribution in [0.3, 0.4) is 0 Å². The molecule has 0 aliphatic carbocycles. The van der Waals surface area contributed by atoms with Crippen LogP contribution in [-0.2, 0) is 17.9 Å². The first kappa shape index (κ1) is 26.0. The quantitative estimate of drug-likeness (QED) is 0.243. The summed E-state index contributed by atoms with van der Waals surface area (Å²) in [4.78, 5) is 38.4. The van der Waals surface area contributed by atoms with Gasteiger partial charge in [0.1, 0.15) is 0 Å². The lowest BCUT2D eigenvalue weighted by molar-refractivity contribution is -0.120. The second-order valence-electron chi connectivity index (χ2n) is 9.61. The van der Waals surface area contributed by atoms with Crippen LogP contribution in [0.5, 0.6) is 0 Å². The number of aromatic nitrogens is 3. The van der Waals surface area contributed by atoms with Gasteiger partial charge in [-0.3, -0.25) is 19.1 Å². The summed E-state index contributed by atoms with van der Waals surface area (Å²) in [7, 11) is 0. The molecule has 1 N–H and O–H groups in total.